The second-order valence-electron chi connectivity index (χ2n) is 12.3. The highest BCUT2D eigenvalue weighted by Crippen LogP contribution is 2.28. The molecule has 0 radical (unpaired) electrons. The van der Waals surface area contributed by atoms with Gasteiger partial charge in [-0.25, -0.2) is 9.48 Å². The van der Waals surface area contributed by atoms with Crippen molar-refractivity contribution in [2.45, 2.75) is 52.4 Å². The van der Waals surface area contributed by atoms with Gasteiger partial charge in [-0.1, -0.05) is 74.9 Å². The maximum Gasteiger partial charge on any atom is 0.324 e. The molecule has 224 valence electrons. The van der Waals surface area contributed by atoms with Gasteiger partial charge in [0.25, 0.3) is 5.91 Å². The maximum atomic E-state index is 13.3. The highest BCUT2D eigenvalue weighted by Gasteiger charge is 2.25. The van der Waals surface area contributed by atoms with E-state index in [4.69, 9.17) is 9.84 Å². The van der Waals surface area contributed by atoms with Gasteiger partial charge in [0.2, 0.25) is 0 Å². The zero-order valence-corrected chi connectivity index (χ0v) is 25.5. The number of likely N-dealkylation sites (tertiary alicyclic amines) is 1. The zero-order valence-electron chi connectivity index (χ0n) is 25.5. The second-order valence-corrected chi connectivity index (χ2v) is 12.3. The van der Waals surface area contributed by atoms with Crippen molar-refractivity contribution in [1.82, 2.24) is 14.7 Å². The van der Waals surface area contributed by atoms with Crippen molar-refractivity contribution in [3.8, 4) is 11.4 Å². The number of urea groups is 1. The van der Waals surface area contributed by atoms with Crippen LogP contribution in [-0.4, -0.2) is 46.3 Å². The summed E-state index contributed by atoms with van der Waals surface area (Å²) < 4.78 is 7.43. The van der Waals surface area contributed by atoms with Crippen LogP contribution < -0.4 is 15.4 Å². The molecule has 1 aliphatic heterocycles. The monoisotopic (exact) mass is 579 g/mol. The van der Waals surface area contributed by atoms with Crippen LogP contribution in [0, 0.1) is 12.8 Å². The van der Waals surface area contributed by atoms with Gasteiger partial charge < -0.3 is 15.0 Å². The van der Waals surface area contributed by atoms with Crippen LogP contribution in [0.2, 0.25) is 0 Å². The van der Waals surface area contributed by atoms with Crippen molar-refractivity contribution in [3.63, 3.8) is 0 Å². The fraction of sp³-hybridized carbons (Fsp3) is 0.343. The first-order chi connectivity index (χ1) is 20.7. The lowest BCUT2D eigenvalue weighted by Gasteiger charge is -2.32. The smallest absolute Gasteiger partial charge is 0.324 e. The number of nitrogens with zero attached hydrogens (tertiary/aromatic N) is 3. The van der Waals surface area contributed by atoms with E-state index in [0.29, 0.717) is 30.6 Å². The second kappa shape index (κ2) is 13.2. The minimum absolute atomic E-state index is 0.0144. The summed E-state index contributed by atoms with van der Waals surface area (Å²) in [5.41, 5.74) is 4.62. The Hall–Kier alpha value is -4.59. The first kappa shape index (κ1) is 29.9. The minimum Gasteiger partial charge on any atom is -0.484 e. The lowest BCUT2D eigenvalue weighted by Crippen LogP contribution is -2.41. The molecule has 2 heterocycles. The van der Waals surface area contributed by atoms with Crippen LogP contribution >= 0.6 is 0 Å². The number of rotatable bonds is 8. The zero-order chi connectivity index (χ0) is 30.4. The average Bonchev–Trinajstić information content (AvgIpc) is 3.42. The Morgan fingerprint density at radius 2 is 1.58 bits per heavy atom. The number of para-hydroxylation sites is 2. The van der Waals surface area contributed by atoms with Crippen LogP contribution in [0.4, 0.5) is 16.3 Å². The van der Waals surface area contributed by atoms with Crippen molar-refractivity contribution in [2.24, 2.45) is 5.92 Å². The molecule has 0 spiro atoms. The molecule has 2 N–H and O–H groups in total. The predicted molar refractivity (Wildman–Crippen MR) is 171 cm³/mol. The molecule has 8 nitrogen and oxygen atoms in total. The molecule has 8 heteroatoms. The number of anilines is 2. The summed E-state index contributed by atoms with van der Waals surface area (Å²) in [6, 6.07) is 27.0. The first-order valence-electron chi connectivity index (χ1n) is 14.9. The summed E-state index contributed by atoms with van der Waals surface area (Å²) >= 11 is 0. The Morgan fingerprint density at radius 1 is 0.907 bits per heavy atom. The van der Waals surface area contributed by atoms with Gasteiger partial charge >= 0.3 is 6.03 Å². The number of ether oxygens (including phenoxy) is 1. The Morgan fingerprint density at radius 3 is 2.28 bits per heavy atom. The number of carbonyl (C=O) groups excluding carboxylic acids is 2. The Balaban J connectivity index is 1.19. The number of amides is 3. The Kier molecular flexibility index (Phi) is 9.14. The molecule has 1 fully saturated rings. The molecule has 0 aliphatic carbocycles. The summed E-state index contributed by atoms with van der Waals surface area (Å²) in [5, 5.41) is 10.9. The van der Waals surface area contributed by atoms with E-state index >= 15 is 0 Å². The molecule has 5 rings (SSSR count). The number of aromatic nitrogens is 2. The molecule has 0 unspecified atom stereocenters. The summed E-state index contributed by atoms with van der Waals surface area (Å²) in [6.45, 7) is 9.82. The number of benzene rings is 3. The van der Waals surface area contributed by atoms with E-state index in [9.17, 15) is 9.59 Å². The lowest BCUT2D eigenvalue weighted by atomic mass is 9.89. The minimum atomic E-state index is -0.319. The van der Waals surface area contributed by atoms with E-state index in [-0.39, 0.29) is 24.0 Å². The van der Waals surface area contributed by atoms with Crippen LogP contribution in [0.25, 0.3) is 5.69 Å². The van der Waals surface area contributed by atoms with Gasteiger partial charge in [0, 0.05) is 30.3 Å². The van der Waals surface area contributed by atoms with Gasteiger partial charge in [-0.05, 0) is 68.0 Å². The molecule has 43 heavy (non-hydrogen) atoms. The Labute approximate surface area is 254 Å². The molecule has 1 aromatic heterocycles. The standard InChI is InChI=1S/C35H41N5O3/c1-25-14-16-28(17-15-25)40-32(23-31(38-40)35(2,3)4)37-34(42)36-30-13-9-8-10-27(30)22-26-18-20-39(21-19-26)33(41)24-43-29-11-6-5-7-12-29/h5-17,23,26H,18-22,24H2,1-4H3,(H2,36,37,42). The summed E-state index contributed by atoms with van der Waals surface area (Å²) in [7, 11) is 0. The van der Waals surface area contributed by atoms with E-state index in [1.807, 2.05) is 90.7 Å². The molecule has 3 amide bonds. The molecule has 3 aromatic carbocycles. The third-order valence-electron chi connectivity index (χ3n) is 7.84. The molecule has 1 saturated heterocycles. The van der Waals surface area contributed by atoms with Gasteiger partial charge in [0.15, 0.2) is 6.61 Å². The van der Waals surface area contributed by atoms with Gasteiger partial charge in [0.1, 0.15) is 11.6 Å². The van der Waals surface area contributed by atoms with E-state index in [2.05, 4.69) is 37.5 Å². The van der Waals surface area contributed by atoms with E-state index < -0.39 is 0 Å². The maximum absolute atomic E-state index is 13.3. The number of hydrogen-bond donors (Lipinski definition) is 2. The number of aryl methyl sites for hydroxylation is 1. The third kappa shape index (κ3) is 7.83. The highest BCUT2D eigenvalue weighted by molar-refractivity contribution is 6.00. The van der Waals surface area contributed by atoms with Gasteiger partial charge in [0.05, 0.1) is 11.4 Å². The summed E-state index contributed by atoms with van der Waals surface area (Å²) in [5.74, 6) is 1.74. The number of carbonyl (C=O) groups is 2. The van der Waals surface area contributed by atoms with Crippen molar-refractivity contribution in [3.05, 3.63) is 102 Å². The number of hydrogen-bond acceptors (Lipinski definition) is 4. The van der Waals surface area contributed by atoms with Gasteiger partial charge in [-0.3, -0.25) is 10.1 Å². The molecule has 1 aliphatic rings. The third-order valence-corrected chi connectivity index (χ3v) is 7.84. The van der Waals surface area contributed by atoms with E-state index in [1.165, 1.54) is 0 Å². The normalized spacial score (nSPS) is 13.9. The van der Waals surface area contributed by atoms with Crippen LogP contribution in [0.5, 0.6) is 5.75 Å². The summed E-state index contributed by atoms with van der Waals surface area (Å²) in [6.07, 6.45) is 2.64. The SMILES string of the molecule is Cc1ccc(-n2nc(C(C)(C)C)cc2NC(=O)Nc2ccccc2CC2CCN(C(=O)COc3ccccc3)CC2)cc1. The molecule has 0 bridgehead atoms. The van der Waals surface area contributed by atoms with E-state index in [0.717, 1.165) is 47.5 Å². The molecule has 0 saturated carbocycles. The van der Waals surface area contributed by atoms with E-state index in [1.54, 1.807) is 4.68 Å². The van der Waals surface area contributed by atoms with Crippen LogP contribution in [0.15, 0.2) is 84.9 Å². The fourth-order valence-corrected chi connectivity index (χ4v) is 5.26. The van der Waals surface area contributed by atoms with Crippen LogP contribution in [0.1, 0.15) is 50.4 Å². The molecular weight excluding hydrogens is 538 g/mol. The quantitative estimate of drug-likeness (QED) is 0.236. The largest absolute Gasteiger partial charge is 0.484 e. The fourth-order valence-electron chi connectivity index (χ4n) is 5.26. The molecule has 0 atom stereocenters. The topological polar surface area (TPSA) is 88.5 Å². The lowest BCUT2D eigenvalue weighted by molar-refractivity contribution is -0.134. The van der Waals surface area contributed by atoms with Crippen LogP contribution in [-0.2, 0) is 16.6 Å². The highest BCUT2D eigenvalue weighted by atomic mass is 16.5. The molecular formula is C35H41N5O3. The predicted octanol–water partition coefficient (Wildman–Crippen LogP) is 6.98. The van der Waals surface area contributed by atoms with Gasteiger partial charge in [-0.2, -0.15) is 5.10 Å². The van der Waals surface area contributed by atoms with Crippen LogP contribution in [0.3, 0.4) is 0 Å². The van der Waals surface area contributed by atoms with Crippen molar-refractivity contribution < 1.29 is 14.3 Å². The van der Waals surface area contributed by atoms with Crippen molar-refractivity contribution in [1.29, 1.82) is 0 Å². The number of nitrogens with one attached hydrogen (secondary N) is 2. The first-order valence-corrected chi connectivity index (χ1v) is 14.9. The average molecular weight is 580 g/mol. The number of piperidine rings is 1. The van der Waals surface area contributed by atoms with Crippen molar-refractivity contribution >= 4 is 23.4 Å². The van der Waals surface area contributed by atoms with Crippen molar-refractivity contribution in [2.75, 3.05) is 30.3 Å². The summed E-state index contributed by atoms with van der Waals surface area (Å²) in [4.78, 5) is 27.9. The Bertz CT molecular complexity index is 1530. The molecule has 4 aromatic rings. The van der Waals surface area contributed by atoms with Gasteiger partial charge in [-0.15, -0.1) is 0 Å².